The maximum atomic E-state index is 10.3. The van der Waals surface area contributed by atoms with Crippen molar-refractivity contribution in [1.29, 1.82) is 0 Å². The van der Waals surface area contributed by atoms with Crippen molar-refractivity contribution < 1.29 is 15.0 Å². The molecule has 0 bridgehead atoms. The van der Waals surface area contributed by atoms with E-state index in [0.29, 0.717) is 12.8 Å². The van der Waals surface area contributed by atoms with E-state index in [1.54, 1.807) is 6.08 Å². The lowest BCUT2D eigenvalue weighted by molar-refractivity contribution is -0.137. The Hall–Kier alpha value is -1.35. The smallest absolute Gasteiger partial charge is 0.303 e. The van der Waals surface area contributed by atoms with Crippen LogP contribution in [0.2, 0.25) is 0 Å². The minimum Gasteiger partial charge on any atom is -0.481 e. The van der Waals surface area contributed by atoms with Crippen molar-refractivity contribution in [3.05, 3.63) is 36.5 Å². The van der Waals surface area contributed by atoms with Gasteiger partial charge < -0.3 is 10.2 Å². The van der Waals surface area contributed by atoms with Gasteiger partial charge in [-0.2, -0.15) is 0 Å². The van der Waals surface area contributed by atoms with E-state index >= 15 is 0 Å². The van der Waals surface area contributed by atoms with Gasteiger partial charge in [0, 0.05) is 6.42 Å². The normalized spacial score (nSPS) is 13.6. The van der Waals surface area contributed by atoms with Gasteiger partial charge in [0.05, 0.1) is 6.10 Å². The lowest BCUT2D eigenvalue weighted by atomic mass is 10.1. The third-order valence-electron chi connectivity index (χ3n) is 3.12. The standard InChI is InChI=1S/C18H30O3/c1-2-3-4-11-14-17(19)15-12-9-7-5-6-8-10-13-16-18(20)21/h3-4,9,11-12,14,17,19H,2,5-8,10,13,15-16H2,1H3,(H,20,21)/b4-3-,12-9-,14-11+/t17-/m0/s1. The molecule has 0 aliphatic heterocycles. The van der Waals surface area contributed by atoms with E-state index in [1.807, 2.05) is 18.2 Å². The van der Waals surface area contributed by atoms with Gasteiger partial charge in [0.2, 0.25) is 0 Å². The summed E-state index contributed by atoms with van der Waals surface area (Å²) in [5.74, 6) is -0.698. The second-order valence-corrected chi connectivity index (χ2v) is 5.20. The summed E-state index contributed by atoms with van der Waals surface area (Å²) in [6, 6.07) is 0. The molecule has 3 nitrogen and oxygen atoms in total. The molecule has 21 heavy (non-hydrogen) atoms. The average molecular weight is 294 g/mol. The summed E-state index contributed by atoms with van der Waals surface area (Å²) >= 11 is 0. The molecule has 1 atom stereocenters. The number of unbranched alkanes of at least 4 members (excludes halogenated alkanes) is 5. The first kappa shape index (κ1) is 19.7. The largest absolute Gasteiger partial charge is 0.481 e. The van der Waals surface area contributed by atoms with Crippen LogP contribution >= 0.6 is 0 Å². The molecule has 0 spiro atoms. The van der Waals surface area contributed by atoms with Gasteiger partial charge >= 0.3 is 5.97 Å². The zero-order chi connectivity index (χ0) is 15.8. The molecule has 0 aromatic carbocycles. The molecule has 0 saturated heterocycles. The van der Waals surface area contributed by atoms with Crippen molar-refractivity contribution >= 4 is 5.97 Å². The van der Waals surface area contributed by atoms with E-state index < -0.39 is 12.1 Å². The summed E-state index contributed by atoms with van der Waals surface area (Å²) in [6.45, 7) is 2.08. The number of rotatable bonds is 13. The number of aliphatic hydroxyl groups excluding tert-OH is 1. The number of aliphatic carboxylic acids is 1. The Morgan fingerprint density at radius 1 is 1.00 bits per heavy atom. The summed E-state index contributed by atoms with van der Waals surface area (Å²) in [4.78, 5) is 10.3. The fraction of sp³-hybridized carbons (Fsp3) is 0.611. The van der Waals surface area contributed by atoms with Crippen LogP contribution in [0.3, 0.4) is 0 Å². The molecule has 2 N–H and O–H groups in total. The first-order valence-electron chi connectivity index (χ1n) is 8.05. The van der Waals surface area contributed by atoms with Gasteiger partial charge in [0.15, 0.2) is 0 Å². The average Bonchev–Trinajstić information content (AvgIpc) is 2.45. The minimum absolute atomic E-state index is 0.290. The first-order valence-corrected chi connectivity index (χ1v) is 8.05. The molecule has 0 aliphatic rings. The van der Waals surface area contributed by atoms with E-state index in [4.69, 9.17) is 5.11 Å². The van der Waals surface area contributed by atoms with Crippen LogP contribution in [-0.2, 0) is 4.79 Å². The summed E-state index contributed by atoms with van der Waals surface area (Å²) in [5.41, 5.74) is 0. The Morgan fingerprint density at radius 3 is 2.43 bits per heavy atom. The maximum Gasteiger partial charge on any atom is 0.303 e. The van der Waals surface area contributed by atoms with Crippen LogP contribution in [0.4, 0.5) is 0 Å². The SMILES string of the molecule is CC/C=C\C=C\[C@H](O)C/C=C\CCCCCCCC(=O)O. The van der Waals surface area contributed by atoms with Crippen molar-refractivity contribution in [2.75, 3.05) is 0 Å². The Balaban J connectivity index is 3.41. The number of hydrogen-bond acceptors (Lipinski definition) is 2. The van der Waals surface area contributed by atoms with Crippen LogP contribution in [0, 0.1) is 0 Å². The molecule has 0 fully saturated rings. The van der Waals surface area contributed by atoms with E-state index in [1.165, 1.54) is 0 Å². The molecule has 0 heterocycles. The van der Waals surface area contributed by atoms with Crippen LogP contribution in [0.1, 0.15) is 64.7 Å². The summed E-state index contributed by atoms with van der Waals surface area (Å²) in [7, 11) is 0. The highest BCUT2D eigenvalue weighted by Gasteiger charge is 1.96. The van der Waals surface area contributed by atoms with Gasteiger partial charge in [-0.3, -0.25) is 4.79 Å². The molecule has 0 saturated carbocycles. The van der Waals surface area contributed by atoms with Crippen LogP contribution in [-0.4, -0.2) is 22.3 Å². The second-order valence-electron chi connectivity index (χ2n) is 5.20. The van der Waals surface area contributed by atoms with Crippen molar-refractivity contribution in [3.8, 4) is 0 Å². The van der Waals surface area contributed by atoms with Crippen molar-refractivity contribution in [3.63, 3.8) is 0 Å². The Morgan fingerprint density at radius 2 is 1.71 bits per heavy atom. The predicted molar refractivity (Wildman–Crippen MR) is 88.3 cm³/mol. The quantitative estimate of drug-likeness (QED) is 0.296. The molecule has 3 heteroatoms. The molecule has 0 unspecified atom stereocenters. The zero-order valence-electron chi connectivity index (χ0n) is 13.2. The fourth-order valence-corrected chi connectivity index (χ4v) is 1.91. The van der Waals surface area contributed by atoms with Crippen LogP contribution in [0.25, 0.3) is 0 Å². The fourth-order valence-electron chi connectivity index (χ4n) is 1.91. The maximum absolute atomic E-state index is 10.3. The summed E-state index contributed by atoms with van der Waals surface area (Å²) in [5, 5.41) is 18.2. The summed E-state index contributed by atoms with van der Waals surface area (Å²) < 4.78 is 0. The van der Waals surface area contributed by atoms with Crippen LogP contribution < -0.4 is 0 Å². The Bertz CT molecular complexity index is 329. The van der Waals surface area contributed by atoms with Gasteiger partial charge in [0.25, 0.3) is 0 Å². The van der Waals surface area contributed by atoms with Crippen molar-refractivity contribution in [1.82, 2.24) is 0 Å². The molecule has 0 aliphatic carbocycles. The topological polar surface area (TPSA) is 57.5 Å². The van der Waals surface area contributed by atoms with Crippen LogP contribution in [0.5, 0.6) is 0 Å². The van der Waals surface area contributed by atoms with Crippen molar-refractivity contribution in [2.45, 2.75) is 70.8 Å². The van der Waals surface area contributed by atoms with Gasteiger partial charge in [0.1, 0.15) is 0 Å². The molecular weight excluding hydrogens is 264 g/mol. The third-order valence-corrected chi connectivity index (χ3v) is 3.12. The Kier molecular flexibility index (Phi) is 14.1. The lowest BCUT2D eigenvalue weighted by Gasteiger charge is -2.00. The highest BCUT2D eigenvalue weighted by molar-refractivity contribution is 5.66. The lowest BCUT2D eigenvalue weighted by Crippen LogP contribution is -1.98. The molecule has 0 aromatic heterocycles. The highest BCUT2D eigenvalue weighted by Crippen LogP contribution is 2.08. The van der Waals surface area contributed by atoms with E-state index in [-0.39, 0.29) is 0 Å². The molecule has 0 amide bonds. The van der Waals surface area contributed by atoms with Crippen LogP contribution in [0.15, 0.2) is 36.5 Å². The van der Waals surface area contributed by atoms with Gasteiger partial charge in [-0.1, -0.05) is 62.6 Å². The third kappa shape index (κ3) is 16.6. The number of carboxylic acids is 1. The minimum atomic E-state index is -0.698. The monoisotopic (exact) mass is 294 g/mol. The first-order chi connectivity index (χ1) is 10.2. The number of carboxylic acid groups (broad SMARTS) is 1. The number of carbonyl (C=O) groups is 1. The second kappa shape index (κ2) is 15.0. The van der Waals surface area contributed by atoms with E-state index in [2.05, 4.69) is 19.1 Å². The number of hydrogen-bond donors (Lipinski definition) is 2. The predicted octanol–water partition coefficient (Wildman–Crippen LogP) is 4.63. The zero-order valence-corrected chi connectivity index (χ0v) is 13.2. The summed E-state index contributed by atoms with van der Waals surface area (Å²) in [6.07, 6.45) is 19.6. The number of allylic oxidation sites excluding steroid dienone is 4. The molecule has 120 valence electrons. The molecular formula is C18H30O3. The molecule has 0 rings (SSSR count). The number of aliphatic hydroxyl groups is 1. The van der Waals surface area contributed by atoms with Gasteiger partial charge in [-0.05, 0) is 32.1 Å². The van der Waals surface area contributed by atoms with E-state index in [0.717, 1.165) is 44.9 Å². The highest BCUT2D eigenvalue weighted by atomic mass is 16.4. The van der Waals surface area contributed by atoms with Gasteiger partial charge in [-0.25, -0.2) is 0 Å². The van der Waals surface area contributed by atoms with Gasteiger partial charge in [-0.15, -0.1) is 0 Å². The van der Waals surface area contributed by atoms with Crippen molar-refractivity contribution in [2.24, 2.45) is 0 Å². The molecule has 0 aromatic rings. The van der Waals surface area contributed by atoms with E-state index in [9.17, 15) is 9.90 Å². The Labute approximate surface area is 129 Å². The molecule has 0 radical (unpaired) electrons.